The molecule has 1 N–H and O–H groups in total. The lowest BCUT2D eigenvalue weighted by Gasteiger charge is -2.12. The lowest BCUT2D eigenvalue weighted by Crippen LogP contribution is -2.30. The number of amides is 1. The summed E-state index contributed by atoms with van der Waals surface area (Å²) in [4.78, 5) is 28.3. The minimum atomic E-state index is -1.04. The second-order valence-electron chi connectivity index (χ2n) is 6.20. The maximum Gasteiger partial charge on any atom is 0.310 e. The van der Waals surface area contributed by atoms with E-state index in [4.69, 9.17) is 9.47 Å². The van der Waals surface area contributed by atoms with Gasteiger partial charge in [-0.3, -0.25) is 14.9 Å². The summed E-state index contributed by atoms with van der Waals surface area (Å²) in [5, 5.41) is 4.38. The van der Waals surface area contributed by atoms with Crippen LogP contribution in [0, 0.1) is 11.6 Å². The minimum Gasteiger partial charge on any atom is -0.493 e. The first-order chi connectivity index (χ1) is 14.4. The highest BCUT2D eigenvalue weighted by Crippen LogP contribution is 2.26. The number of esters is 1. The predicted molar refractivity (Wildman–Crippen MR) is 108 cm³/mol. The fraction of sp³-hybridized carbons (Fsp3) is 0.190. The molecule has 1 heterocycles. The molecule has 3 rings (SSSR count). The van der Waals surface area contributed by atoms with Gasteiger partial charge in [-0.05, 0) is 37.3 Å². The van der Waals surface area contributed by atoms with Crippen molar-refractivity contribution in [1.29, 1.82) is 0 Å². The number of para-hydroxylation sites is 1. The summed E-state index contributed by atoms with van der Waals surface area (Å²) in [6.45, 7) is 1.57. The van der Waals surface area contributed by atoms with Crippen LogP contribution in [-0.4, -0.2) is 29.6 Å². The lowest BCUT2D eigenvalue weighted by atomic mass is 10.2. The van der Waals surface area contributed by atoms with E-state index in [0.717, 1.165) is 23.5 Å². The lowest BCUT2D eigenvalue weighted by molar-refractivity contribution is -0.153. The Morgan fingerprint density at radius 1 is 1.13 bits per heavy atom. The Labute approximate surface area is 175 Å². The van der Waals surface area contributed by atoms with Gasteiger partial charge in [-0.1, -0.05) is 18.2 Å². The molecule has 0 saturated carbocycles. The molecule has 0 bridgehead atoms. The van der Waals surface area contributed by atoms with E-state index < -0.39 is 29.6 Å². The first-order valence-electron chi connectivity index (χ1n) is 9.01. The summed E-state index contributed by atoms with van der Waals surface area (Å²) in [5.74, 6) is -2.43. The molecule has 0 aliphatic rings. The third kappa shape index (κ3) is 5.84. The fourth-order valence-corrected chi connectivity index (χ4v) is 3.13. The highest BCUT2D eigenvalue weighted by molar-refractivity contribution is 7.14. The second kappa shape index (κ2) is 9.93. The zero-order valence-electron chi connectivity index (χ0n) is 15.9. The Hall–Kier alpha value is -3.33. The van der Waals surface area contributed by atoms with E-state index in [9.17, 15) is 18.4 Å². The minimum absolute atomic E-state index is 0.00988. The topological polar surface area (TPSA) is 77.5 Å². The number of benzene rings is 2. The third-order valence-electron chi connectivity index (χ3n) is 3.95. The molecule has 6 nitrogen and oxygen atoms in total. The van der Waals surface area contributed by atoms with Crippen molar-refractivity contribution in [1.82, 2.24) is 4.98 Å². The summed E-state index contributed by atoms with van der Waals surface area (Å²) in [6, 6.07) is 12.4. The van der Waals surface area contributed by atoms with Gasteiger partial charge in [0.05, 0.1) is 18.7 Å². The van der Waals surface area contributed by atoms with Gasteiger partial charge < -0.3 is 9.47 Å². The highest BCUT2D eigenvalue weighted by atomic mass is 32.1. The zero-order chi connectivity index (χ0) is 21.5. The van der Waals surface area contributed by atoms with E-state index >= 15 is 0 Å². The molecule has 0 fully saturated rings. The zero-order valence-corrected chi connectivity index (χ0v) is 16.7. The maximum absolute atomic E-state index is 13.4. The van der Waals surface area contributed by atoms with E-state index in [0.29, 0.717) is 17.0 Å². The average Bonchev–Trinajstić information content (AvgIpc) is 3.19. The van der Waals surface area contributed by atoms with E-state index in [1.165, 1.54) is 13.0 Å². The number of aromatic nitrogens is 1. The summed E-state index contributed by atoms with van der Waals surface area (Å²) < 4.78 is 36.9. The molecule has 3 aromatic rings. The van der Waals surface area contributed by atoms with Crippen LogP contribution in [0.5, 0.6) is 5.75 Å². The van der Waals surface area contributed by atoms with Gasteiger partial charge in [0, 0.05) is 10.9 Å². The van der Waals surface area contributed by atoms with Gasteiger partial charge in [0.25, 0.3) is 5.91 Å². The standard InChI is InChI=1S/C21H18F2N2O4S/c1-13(29-19(26)9-10-28-15-5-3-2-4-6-15)20(27)25-21-24-18(12-30-21)14-7-8-16(22)17(23)11-14/h2-8,11-13H,9-10H2,1H3,(H,24,25,27). The van der Waals surface area contributed by atoms with Crippen molar-refractivity contribution in [3.05, 3.63) is 65.5 Å². The number of anilines is 1. The molecule has 0 saturated heterocycles. The predicted octanol–water partition coefficient (Wildman–Crippen LogP) is 4.43. The first kappa shape index (κ1) is 21.4. The van der Waals surface area contributed by atoms with Gasteiger partial charge in [0.15, 0.2) is 22.9 Å². The third-order valence-corrected chi connectivity index (χ3v) is 4.70. The molecule has 156 valence electrons. The molecule has 2 aromatic carbocycles. The fourth-order valence-electron chi connectivity index (χ4n) is 2.40. The van der Waals surface area contributed by atoms with Gasteiger partial charge in [0.1, 0.15) is 5.75 Å². The van der Waals surface area contributed by atoms with Crippen molar-refractivity contribution in [2.24, 2.45) is 0 Å². The Bertz CT molecular complexity index is 1030. The number of nitrogens with zero attached hydrogens (tertiary/aromatic N) is 1. The largest absolute Gasteiger partial charge is 0.493 e. The number of thiazole rings is 1. The number of ether oxygens (including phenoxy) is 2. The summed E-state index contributed by atoms with van der Waals surface area (Å²) in [6.07, 6.45) is -1.05. The van der Waals surface area contributed by atoms with Crippen molar-refractivity contribution >= 4 is 28.3 Å². The van der Waals surface area contributed by atoms with Gasteiger partial charge in [-0.25, -0.2) is 13.8 Å². The van der Waals surface area contributed by atoms with Crippen LogP contribution in [0.2, 0.25) is 0 Å². The molecule has 0 aliphatic heterocycles. The first-order valence-corrected chi connectivity index (χ1v) is 9.89. The molecule has 1 aromatic heterocycles. The van der Waals surface area contributed by atoms with Gasteiger partial charge in [0.2, 0.25) is 0 Å². The Morgan fingerprint density at radius 3 is 2.63 bits per heavy atom. The van der Waals surface area contributed by atoms with Crippen LogP contribution >= 0.6 is 11.3 Å². The molecule has 1 amide bonds. The quantitative estimate of drug-likeness (QED) is 0.533. The number of halogens is 2. The molecule has 30 heavy (non-hydrogen) atoms. The van der Waals surface area contributed by atoms with Gasteiger partial charge in [-0.15, -0.1) is 11.3 Å². The second-order valence-corrected chi connectivity index (χ2v) is 7.06. The van der Waals surface area contributed by atoms with Crippen molar-refractivity contribution in [2.75, 3.05) is 11.9 Å². The summed E-state index contributed by atoms with van der Waals surface area (Å²) >= 11 is 1.11. The molecule has 0 aliphatic carbocycles. The van der Waals surface area contributed by atoms with E-state index in [2.05, 4.69) is 10.3 Å². The monoisotopic (exact) mass is 432 g/mol. The SMILES string of the molecule is CC(OC(=O)CCOc1ccccc1)C(=O)Nc1nc(-c2ccc(F)c(F)c2)cs1. The van der Waals surface area contributed by atoms with E-state index in [-0.39, 0.29) is 18.2 Å². The smallest absolute Gasteiger partial charge is 0.310 e. The van der Waals surface area contributed by atoms with Crippen molar-refractivity contribution < 1.29 is 27.8 Å². The van der Waals surface area contributed by atoms with Gasteiger partial charge >= 0.3 is 5.97 Å². The van der Waals surface area contributed by atoms with Gasteiger partial charge in [-0.2, -0.15) is 0 Å². The summed E-state index contributed by atoms with van der Waals surface area (Å²) in [7, 11) is 0. The maximum atomic E-state index is 13.4. The molecular formula is C21H18F2N2O4S. The van der Waals surface area contributed by atoms with Crippen LogP contribution in [0.3, 0.4) is 0 Å². The van der Waals surface area contributed by atoms with Crippen LogP contribution in [0.15, 0.2) is 53.9 Å². The van der Waals surface area contributed by atoms with E-state index in [1.807, 2.05) is 18.2 Å². The number of carbonyl (C=O) groups excluding carboxylic acids is 2. The number of nitrogens with one attached hydrogen (secondary N) is 1. The normalized spacial score (nSPS) is 11.6. The number of hydrogen-bond acceptors (Lipinski definition) is 6. The van der Waals surface area contributed by atoms with Crippen molar-refractivity contribution in [3.63, 3.8) is 0 Å². The Kier molecular flexibility index (Phi) is 7.08. The molecule has 0 spiro atoms. The molecule has 1 atom stereocenters. The Balaban J connectivity index is 1.47. The van der Waals surface area contributed by atoms with Crippen LogP contribution in [-0.2, 0) is 14.3 Å². The van der Waals surface area contributed by atoms with Crippen LogP contribution in [0.1, 0.15) is 13.3 Å². The molecule has 0 radical (unpaired) electrons. The Morgan fingerprint density at radius 2 is 1.90 bits per heavy atom. The highest BCUT2D eigenvalue weighted by Gasteiger charge is 2.19. The molecular weight excluding hydrogens is 414 g/mol. The summed E-state index contributed by atoms with van der Waals surface area (Å²) in [5.41, 5.74) is 0.764. The number of hydrogen-bond donors (Lipinski definition) is 1. The van der Waals surface area contributed by atoms with Crippen molar-refractivity contribution in [2.45, 2.75) is 19.4 Å². The van der Waals surface area contributed by atoms with Crippen molar-refractivity contribution in [3.8, 4) is 17.0 Å². The number of rotatable bonds is 8. The number of carbonyl (C=O) groups is 2. The van der Waals surface area contributed by atoms with Crippen LogP contribution < -0.4 is 10.1 Å². The molecule has 9 heteroatoms. The molecule has 1 unspecified atom stereocenters. The average molecular weight is 432 g/mol. The van der Waals surface area contributed by atoms with E-state index in [1.54, 1.807) is 17.5 Å². The van der Waals surface area contributed by atoms with Crippen LogP contribution in [0.4, 0.5) is 13.9 Å². The van der Waals surface area contributed by atoms with Crippen LogP contribution in [0.25, 0.3) is 11.3 Å².